The van der Waals surface area contributed by atoms with Crippen LogP contribution in [0.15, 0.2) is 53.9 Å². The second-order valence-corrected chi connectivity index (χ2v) is 6.65. The van der Waals surface area contributed by atoms with E-state index in [1.165, 1.54) is 0 Å². The Balaban J connectivity index is 1.81. The van der Waals surface area contributed by atoms with E-state index < -0.39 is 0 Å². The summed E-state index contributed by atoms with van der Waals surface area (Å²) in [5.41, 5.74) is 10.6. The van der Waals surface area contributed by atoms with E-state index in [1.807, 2.05) is 43.7 Å². The molecule has 1 atom stereocenters. The molecule has 24 heavy (non-hydrogen) atoms. The Hall–Kier alpha value is -2.37. The van der Waals surface area contributed by atoms with Gasteiger partial charge >= 0.3 is 0 Å². The maximum Gasteiger partial charge on any atom is 0.118 e. The van der Waals surface area contributed by atoms with Crippen LogP contribution in [0.25, 0.3) is 11.3 Å². The quantitative estimate of drug-likeness (QED) is 0.765. The largest absolute Gasteiger partial charge is 0.497 e. The Bertz CT molecular complexity index is 794. The zero-order chi connectivity index (χ0) is 17.1. The van der Waals surface area contributed by atoms with E-state index in [9.17, 15) is 0 Å². The Morgan fingerprint density at radius 3 is 2.29 bits per heavy atom. The summed E-state index contributed by atoms with van der Waals surface area (Å²) in [6.07, 6.45) is 0. The molecule has 0 saturated heterocycles. The van der Waals surface area contributed by atoms with Crippen LogP contribution in [0.2, 0.25) is 0 Å². The van der Waals surface area contributed by atoms with Gasteiger partial charge in [-0.3, -0.25) is 0 Å². The first-order valence-corrected chi connectivity index (χ1v) is 8.59. The van der Waals surface area contributed by atoms with Gasteiger partial charge in [0.25, 0.3) is 0 Å². The molecular formula is C19H21N3OS. The third-order valence-electron chi connectivity index (χ3n) is 3.94. The number of hydrogen-bond acceptors (Lipinski definition) is 5. The number of aromatic nitrogens is 1. The summed E-state index contributed by atoms with van der Waals surface area (Å²) in [6.45, 7) is 0. The van der Waals surface area contributed by atoms with E-state index in [4.69, 9.17) is 15.5 Å². The molecule has 1 unspecified atom stereocenters. The summed E-state index contributed by atoms with van der Waals surface area (Å²) in [5, 5.41) is 2.96. The predicted molar refractivity (Wildman–Crippen MR) is 101 cm³/mol. The van der Waals surface area contributed by atoms with E-state index in [0.717, 1.165) is 33.3 Å². The van der Waals surface area contributed by atoms with Gasteiger partial charge in [-0.25, -0.2) is 4.98 Å². The lowest BCUT2D eigenvalue weighted by atomic mass is 10.1. The number of anilines is 1. The molecule has 0 aliphatic carbocycles. The Morgan fingerprint density at radius 2 is 1.71 bits per heavy atom. The lowest BCUT2D eigenvalue weighted by molar-refractivity contribution is 0.415. The van der Waals surface area contributed by atoms with Gasteiger partial charge in [0.15, 0.2) is 0 Å². The number of nitrogens with zero attached hydrogens (tertiary/aromatic N) is 2. The van der Waals surface area contributed by atoms with Crippen LogP contribution in [0.4, 0.5) is 5.69 Å². The van der Waals surface area contributed by atoms with Gasteiger partial charge in [-0.1, -0.05) is 12.1 Å². The molecule has 3 rings (SSSR count). The number of methoxy groups -OCH3 is 1. The van der Waals surface area contributed by atoms with Gasteiger partial charge in [0.05, 0.1) is 18.8 Å². The number of hydrogen-bond donors (Lipinski definition) is 1. The van der Waals surface area contributed by atoms with Gasteiger partial charge in [-0.15, -0.1) is 11.3 Å². The minimum absolute atomic E-state index is 0.210. The molecule has 3 aromatic rings. The van der Waals surface area contributed by atoms with Crippen LogP contribution in [0.1, 0.15) is 16.6 Å². The molecule has 0 bridgehead atoms. The topological polar surface area (TPSA) is 51.4 Å². The zero-order valence-corrected chi connectivity index (χ0v) is 14.9. The normalized spacial score (nSPS) is 12.0. The minimum atomic E-state index is -0.210. The van der Waals surface area contributed by atoms with E-state index in [2.05, 4.69) is 29.2 Å². The highest BCUT2D eigenvalue weighted by atomic mass is 32.1. The molecule has 5 heteroatoms. The second-order valence-electron chi connectivity index (χ2n) is 5.76. The van der Waals surface area contributed by atoms with Crippen molar-refractivity contribution < 1.29 is 4.74 Å². The van der Waals surface area contributed by atoms with Crippen LogP contribution >= 0.6 is 11.3 Å². The summed E-state index contributed by atoms with van der Waals surface area (Å²) >= 11 is 1.59. The van der Waals surface area contributed by atoms with Crippen LogP contribution < -0.4 is 15.4 Å². The molecule has 0 radical (unpaired) electrons. The van der Waals surface area contributed by atoms with Crippen molar-refractivity contribution in [2.24, 2.45) is 5.73 Å². The zero-order valence-electron chi connectivity index (χ0n) is 14.1. The van der Waals surface area contributed by atoms with Crippen molar-refractivity contribution in [2.75, 3.05) is 26.1 Å². The molecule has 0 amide bonds. The lowest BCUT2D eigenvalue weighted by Gasteiger charge is -2.14. The number of nitrogens with two attached hydrogens (primary N) is 1. The van der Waals surface area contributed by atoms with Gasteiger partial charge in [-0.2, -0.15) is 0 Å². The van der Waals surface area contributed by atoms with Crippen LogP contribution in [-0.2, 0) is 0 Å². The molecule has 4 nitrogen and oxygen atoms in total. The molecule has 1 aromatic heterocycles. The van der Waals surface area contributed by atoms with Crippen molar-refractivity contribution in [2.45, 2.75) is 6.04 Å². The van der Waals surface area contributed by atoms with Crippen LogP contribution in [0, 0.1) is 0 Å². The summed E-state index contributed by atoms with van der Waals surface area (Å²) in [4.78, 5) is 6.78. The summed E-state index contributed by atoms with van der Waals surface area (Å²) in [5.74, 6) is 0.840. The van der Waals surface area contributed by atoms with Crippen molar-refractivity contribution >= 4 is 17.0 Å². The standard InChI is InChI=1S/C19H21N3OS/c1-22(2)15-8-4-14(5-9-15)18(20)19-21-17(12-24-19)13-6-10-16(23-3)11-7-13/h4-12,18H,20H2,1-3H3. The Kier molecular flexibility index (Phi) is 4.83. The molecule has 0 aliphatic heterocycles. The average molecular weight is 339 g/mol. The molecule has 0 fully saturated rings. The van der Waals surface area contributed by atoms with Gasteiger partial charge < -0.3 is 15.4 Å². The highest BCUT2D eigenvalue weighted by Crippen LogP contribution is 2.29. The van der Waals surface area contributed by atoms with Crippen LogP contribution in [0.5, 0.6) is 5.75 Å². The first-order valence-electron chi connectivity index (χ1n) is 7.71. The molecule has 0 spiro atoms. The van der Waals surface area contributed by atoms with Gasteiger partial charge in [-0.05, 0) is 42.0 Å². The van der Waals surface area contributed by atoms with Crippen LogP contribution in [0.3, 0.4) is 0 Å². The summed E-state index contributed by atoms with van der Waals surface area (Å²) in [7, 11) is 5.71. The van der Waals surface area contributed by atoms with Crippen molar-refractivity contribution in [1.29, 1.82) is 0 Å². The molecule has 2 aromatic carbocycles. The predicted octanol–water partition coefficient (Wildman–Crippen LogP) is 3.93. The first-order chi connectivity index (χ1) is 11.6. The average Bonchev–Trinajstić information content (AvgIpc) is 3.11. The van der Waals surface area contributed by atoms with Crippen molar-refractivity contribution in [3.8, 4) is 17.0 Å². The number of ether oxygens (including phenoxy) is 1. The monoisotopic (exact) mass is 339 g/mol. The second kappa shape index (κ2) is 7.03. The fourth-order valence-electron chi connectivity index (χ4n) is 2.45. The first kappa shape index (κ1) is 16.5. The Morgan fingerprint density at radius 1 is 1.04 bits per heavy atom. The Labute approximate surface area is 146 Å². The SMILES string of the molecule is COc1ccc(-c2csc(C(N)c3ccc(N(C)C)cc3)n2)cc1. The molecule has 0 aliphatic rings. The van der Waals surface area contributed by atoms with Crippen molar-refractivity contribution in [3.05, 3.63) is 64.5 Å². The third kappa shape index (κ3) is 3.42. The van der Waals surface area contributed by atoms with E-state index in [1.54, 1.807) is 18.4 Å². The van der Waals surface area contributed by atoms with E-state index >= 15 is 0 Å². The van der Waals surface area contributed by atoms with Gasteiger partial charge in [0.2, 0.25) is 0 Å². The number of thiazole rings is 1. The maximum absolute atomic E-state index is 6.39. The smallest absolute Gasteiger partial charge is 0.118 e. The van der Waals surface area contributed by atoms with Gasteiger partial charge in [0, 0.05) is 30.7 Å². The fraction of sp³-hybridized carbons (Fsp3) is 0.211. The molecule has 124 valence electrons. The number of rotatable bonds is 5. The van der Waals surface area contributed by atoms with Crippen molar-refractivity contribution in [1.82, 2.24) is 4.98 Å². The molecule has 1 heterocycles. The van der Waals surface area contributed by atoms with Crippen molar-refractivity contribution in [3.63, 3.8) is 0 Å². The fourth-order valence-corrected chi connectivity index (χ4v) is 3.30. The van der Waals surface area contributed by atoms with Gasteiger partial charge in [0.1, 0.15) is 10.8 Å². The minimum Gasteiger partial charge on any atom is -0.497 e. The lowest BCUT2D eigenvalue weighted by Crippen LogP contribution is -2.12. The van der Waals surface area contributed by atoms with Crippen LogP contribution in [-0.4, -0.2) is 26.2 Å². The highest BCUT2D eigenvalue weighted by molar-refractivity contribution is 7.10. The third-order valence-corrected chi connectivity index (χ3v) is 4.87. The highest BCUT2D eigenvalue weighted by Gasteiger charge is 2.14. The van der Waals surface area contributed by atoms with E-state index in [0.29, 0.717) is 0 Å². The van der Waals surface area contributed by atoms with E-state index in [-0.39, 0.29) is 6.04 Å². The maximum atomic E-state index is 6.39. The molecule has 2 N–H and O–H groups in total. The molecule has 0 saturated carbocycles. The number of benzene rings is 2. The molecular weight excluding hydrogens is 318 g/mol. The summed E-state index contributed by atoms with van der Waals surface area (Å²) < 4.78 is 5.19. The summed E-state index contributed by atoms with van der Waals surface area (Å²) in [6, 6.07) is 16.0.